The van der Waals surface area contributed by atoms with Gasteiger partial charge in [0, 0.05) is 20.6 Å². The molecule has 0 aliphatic carbocycles. The molecule has 1 saturated heterocycles. The van der Waals surface area contributed by atoms with Crippen LogP contribution in [-0.4, -0.2) is 53.9 Å². The number of morpholine rings is 1. The number of aromatic nitrogens is 3. The highest BCUT2D eigenvalue weighted by Crippen LogP contribution is 2.32. The lowest BCUT2D eigenvalue weighted by Gasteiger charge is -2.33. The fourth-order valence-electron chi connectivity index (χ4n) is 2.75. The van der Waals surface area contributed by atoms with Gasteiger partial charge in [-0.05, 0) is 17.3 Å². The van der Waals surface area contributed by atoms with E-state index in [0.29, 0.717) is 31.6 Å². The molecule has 7 nitrogen and oxygen atoms in total. The maximum absolute atomic E-state index is 5.69. The maximum atomic E-state index is 5.69. The molecule has 8 heteroatoms. The summed E-state index contributed by atoms with van der Waals surface area (Å²) in [5.41, 5.74) is 1.04. The number of benzene rings is 1. The summed E-state index contributed by atoms with van der Waals surface area (Å²) >= 11 is 1.72. The Balaban J connectivity index is 1.58. The second-order valence-electron chi connectivity index (χ2n) is 5.96. The predicted molar refractivity (Wildman–Crippen MR) is 92.2 cm³/mol. The molecule has 0 amide bonds. The summed E-state index contributed by atoms with van der Waals surface area (Å²) in [7, 11) is 3.79. The molecule has 1 unspecified atom stereocenters. The molecule has 1 aliphatic heterocycles. The Hall–Kier alpha value is -2.03. The lowest BCUT2D eigenvalue weighted by Crippen LogP contribution is -2.39. The highest BCUT2D eigenvalue weighted by Gasteiger charge is 2.29. The van der Waals surface area contributed by atoms with Gasteiger partial charge >= 0.3 is 0 Å². The van der Waals surface area contributed by atoms with Crippen LogP contribution >= 0.6 is 11.3 Å². The Kier molecular flexibility index (Phi) is 4.17. The summed E-state index contributed by atoms with van der Waals surface area (Å²) in [5.74, 6) is 1.21. The van der Waals surface area contributed by atoms with Crippen molar-refractivity contribution in [3.05, 3.63) is 35.2 Å². The van der Waals surface area contributed by atoms with E-state index >= 15 is 0 Å². The number of para-hydroxylation sites is 1. The van der Waals surface area contributed by atoms with Crippen molar-refractivity contribution in [2.75, 3.05) is 38.8 Å². The van der Waals surface area contributed by atoms with Gasteiger partial charge in [0.2, 0.25) is 5.89 Å². The van der Waals surface area contributed by atoms with Gasteiger partial charge in [-0.2, -0.15) is 4.98 Å². The average molecular weight is 345 g/mol. The first-order valence-electron chi connectivity index (χ1n) is 7.88. The van der Waals surface area contributed by atoms with Crippen molar-refractivity contribution in [1.82, 2.24) is 20.0 Å². The molecule has 1 fully saturated rings. The van der Waals surface area contributed by atoms with Gasteiger partial charge in [-0.15, -0.1) is 11.3 Å². The van der Waals surface area contributed by atoms with Crippen molar-refractivity contribution in [2.24, 2.45) is 0 Å². The molecule has 3 heterocycles. The minimum atomic E-state index is 0.117. The Morgan fingerprint density at radius 2 is 2.17 bits per heavy atom. The summed E-state index contributed by atoms with van der Waals surface area (Å²) < 4.78 is 12.3. The number of hydrogen-bond donors (Lipinski definition) is 0. The van der Waals surface area contributed by atoms with Gasteiger partial charge in [-0.25, -0.2) is 4.98 Å². The summed E-state index contributed by atoms with van der Waals surface area (Å²) in [6.45, 7) is 2.76. The summed E-state index contributed by atoms with van der Waals surface area (Å²) in [5, 5.41) is 5.06. The largest absolute Gasteiger partial charge is 0.378 e. The topological polar surface area (TPSA) is 67.5 Å². The molecule has 126 valence electrons. The molecule has 0 radical (unpaired) electrons. The van der Waals surface area contributed by atoms with Gasteiger partial charge in [0.05, 0.1) is 36.0 Å². The van der Waals surface area contributed by atoms with Crippen LogP contribution in [0.4, 0.5) is 5.95 Å². The van der Waals surface area contributed by atoms with Crippen LogP contribution in [0, 0.1) is 0 Å². The SMILES string of the molecule is CN(C)c1noc(CN2CCOCC2c2nc3ccccc3s2)n1. The fourth-order valence-corrected chi connectivity index (χ4v) is 3.84. The Bertz CT molecular complexity index is 798. The minimum Gasteiger partial charge on any atom is -0.378 e. The first-order chi connectivity index (χ1) is 11.7. The smallest absolute Gasteiger partial charge is 0.265 e. The number of thiazole rings is 1. The lowest BCUT2D eigenvalue weighted by molar-refractivity contribution is -0.0168. The maximum Gasteiger partial charge on any atom is 0.265 e. The quantitative estimate of drug-likeness (QED) is 0.719. The van der Waals surface area contributed by atoms with E-state index in [9.17, 15) is 0 Å². The van der Waals surface area contributed by atoms with Crippen molar-refractivity contribution in [3.63, 3.8) is 0 Å². The molecule has 0 N–H and O–H groups in total. The van der Waals surface area contributed by atoms with E-state index in [-0.39, 0.29) is 6.04 Å². The van der Waals surface area contributed by atoms with Gasteiger partial charge in [0.25, 0.3) is 5.95 Å². The minimum absolute atomic E-state index is 0.117. The molecular weight excluding hydrogens is 326 g/mol. The zero-order valence-corrected chi connectivity index (χ0v) is 14.5. The number of fused-ring (bicyclic) bond motifs is 1. The molecule has 3 aromatic rings. The molecule has 1 atom stereocenters. The van der Waals surface area contributed by atoms with Crippen molar-refractivity contribution < 1.29 is 9.26 Å². The third-order valence-electron chi connectivity index (χ3n) is 4.03. The third-order valence-corrected chi connectivity index (χ3v) is 5.17. The van der Waals surface area contributed by atoms with Crippen LogP contribution in [0.15, 0.2) is 28.8 Å². The molecule has 0 saturated carbocycles. The fraction of sp³-hybridized carbons (Fsp3) is 0.438. The van der Waals surface area contributed by atoms with E-state index in [0.717, 1.165) is 17.1 Å². The van der Waals surface area contributed by atoms with E-state index < -0.39 is 0 Å². The van der Waals surface area contributed by atoms with Crippen molar-refractivity contribution in [3.8, 4) is 0 Å². The third kappa shape index (κ3) is 3.00. The van der Waals surface area contributed by atoms with Crippen LogP contribution in [-0.2, 0) is 11.3 Å². The molecule has 2 aromatic heterocycles. The van der Waals surface area contributed by atoms with E-state index in [4.69, 9.17) is 14.2 Å². The second-order valence-corrected chi connectivity index (χ2v) is 7.03. The Morgan fingerprint density at radius 1 is 1.29 bits per heavy atom. The monoisotopic (exact) mass is 345 g/mol. The predicted octanol–water partition coefficient (Wildman–Crippen LogP) is 2.32. The van der Waals surface area contributed by atoms with Crippen LogP contribution < -0.4 is 4.90 Å². The number of rotatable bonds is 4. The highest BCUT2D eigenvalue weighted by molar-refractivity contribution is 7.18. The van der Waals surface area contributed by atoms with E-state index in [1.54, 1.807) is 11.3 Å². The lowest BCUT2D eigenvalue weighted by atomic mass is 10.2. The van der Waals surface area contributed by atoms with Crippen LogP contribution in [0.2, 0.25) is 0 Å². The molecule has 1 aromatic carbocycles. The molecule has 4 rings (SSSR count). The summed E-state index contributed by atoms with van der Waals surface area (Å²) in [6, 6.07) is 8.32. The first kappa shape index (κ1) is 15.5. The van der Waals surface area contributed by atoms with Gasteiger partial charge in [0.15, 0.2) is 0 Å². The number of anilines is 1. The number of ether oxygens (including phenoxy) is 1. The van der Waals surface area contributed by atoms with Crippen LogP contribution in [0.1, 0.15) is 16.9 Å². The zero-order chi connectivity index (χ0) is 16.5. The number of hydrogen-bond acceptors (Lipinski definition) is 8. The zero-order valence-electron chi connectivity index (χ0n) is 13.7. The molecule has 0 bridgehead atoms. The molecule has 1 aliphatic rings. The van der Waals surface area contributed by atoms with Gasteiger partial charge in [-0.3, -0.25) is 4.90 Å². The second kappa shape index (κ2) is 6.46. The van der Waals surface area contributed by atoms with Crippen molar-refractivity contribution in [1.29, 1.82) is 0 Å². The summed E-state index contributed by atoms with van der Waals surface area (Å²) in [4.78, 5) is 13.3. The highest BCUT2D eigenvalue weighted by atomic mass is 32.1. The van der Waals surface area contributed by atoms with Gasteiger partial charge in [-0.1, -0.05) is 12.1 Å². The molecule has 24 heavy (non-hydrogen) atoms. The van der Waals surface area contributed by atoms with E-state index in [1.165, 1.54) is 4.70 Å². The van der Waals surface area contributed by atoms with Crippen molar-refractivity contribution >= 4 is 27.5 Å². The Morgan fingerprint density at radius 3 is 2.96 bits per heavy atom. The van der Waals surface area contributed by atoms with Gasteiger partial charge < -0.3 is 14.2 Å². The van der Waals surface area contributed by atoms with E-state index in [2.05, 4.69) is 21.1 Å². The normalized spacial score (nSPS) is 19.0. The van der Waals surface area contributed by atoms with Crippen LogP contribution in [0.3, 0.4) is 0 Å². The summed E-state index contributed by atoms with van der Waals surface area (Å²) in [6.07, 6.45) is 0. The van der Waals surface area contributed by atoms with Crippen LogP contribution in [0.25, 0.3) is 10.2 Å². The Labute approximate surface area is 143 Å². The standard InChI is InChI=1S/C16H19N5O2S/c1-20(2)16-18-14(23-19-16)9-21-7-8-22-10-12(21)15-17-11-5-3-4-6-13(11)24-15/h3-6,12H,7-10H2,1-2H3. The van der Waals surface area contributed by atoms with Crippen molar-refractivity contribution in [2.45, 2.75) is 12.6 Å². The first-order valence-corrected chi connectivity index (χ1v) is 8.69. The molecular formula is C16H19N5O2S. The molecule has 0 spiro atoms. The number of nitrogens with zero attached hydrogens (tertiary/aromatic N) is 5. The van der Waals surface area contributed by atoms with Gasteiger partial charge in [0.1, 0.15) is 5.01 Å². The van der Waals surface area contributed by atoms with E-state index in [1.807, 2.05) is 37.2 Å². The average Bonchev–Trinajstić information content (AvgIpc) is 3.22. The van der Waals surface area contributed by atoms with Crippen LogP contribution in [0.5, 0.6) is 0 Å².